The first kappa shape index (κ1) is 26.9. The van der Waals surface area contributed by atoms with Crippen LogP contribution in [0.2, 0.25) is 0 Å². The van der Waals surface area contributed by atoms with E-state index in [-0.39, 0.29) is 17.9 Å². The minimum Gasteiger partial charge on any atom is -0.503 e. The van der Waals surface area contributed by atoms with Crippen molar-refractivity contribution >= 4 is 22.7 Å². The van der Waals surface area contributed by atoms with Crippen molar-refractivity contribution in [2.45, 2.75) is 38.8 Å². The van der Waals surface area contributed by atoms with Crippen LogP contribution in [-0.4, -0.2) is 42.5 Å². The molecule has 2 aromatic heterocycles. The van der Waals surface area contributed by atoms with Crippen LogP contribution in [0, 0.1) is 0 Å². The lowest BCUT2D eigenvalue weighted by Crippen LogP contribution is -2.30. The maximum Gasteiger partial charge on any atom is 0.290 e. The number of rotatable bonds is 12. The second-order valence-electron chi connectivity index (χ2n) is 9.46. The van der Waals surface area contributed by atoms with Crippen molar-refractivity contribution in [3.8, 4) is 17.2 Å². The molecule has 1 unspecified atom stereocenters. The zero-order valence-corrected chi connectivity index (χ0v) is 22.6. The molecular weight excluding hydrogens is 514 g/mol. The van der Waals surface area contributed by atoms with Gasteiger partial charge in [-0.25, -0.2) is 0 Å². The molecule has 1 N–H and O–H groups in total. The fourth-order valence-electron chi connectivity index (χ4n) is 4.92. The predicted octanol–water partition coefficient (Wildman–Crippen LogP) is 6.39. The Labute approximate surface area is 231 Å². The molecule has 3 heterocycles. The van der Waals surface area contributed by atoms with Crippen LogP contribution in [0.1, 0.15) is 54.1 Å². The fourth-order valence-corrected chi connectivity index (χ4v) is 4.92. The van der Waals surface area contributed by atoms with Crippen LogP contribution in [0.5, 0.6) is 17.2 Å². The lowest BCUT2D eigenvalue weighted by molar-refractivity contribution is -0.130. The van der Waals surface area contributed by atoms with Crippen molar-refractivity contribution in [3.05, 3.63) is 89.3 Å². The summed E-state index contributed by atoms with van der Waals surface area (Å²) in [5, 5.41) is 11.7. The number of para-hydroxylation sites is 1. The summed E-state index contributed by atoms with van der Waals surface area (Å²) in [6, 6.07) is 14.6. The summed E-state index contributed by atoms with van der Waals surface area (Å²) in [5.74, 6) is -0.0222. The molecule has 1 amide bonds. The zero-order chi connectivity index (χ0) is 28.2. The molecular formula is C31H31NO8. The fraction of sp³-hybridized carbons (Fsp3) is 0.290. The third-order valence-corrected chi connectivity index (χ3v) is 6.92. The van der Waals surface area contributed by atoms with Crippen LogP contribution in [0.15, 0.2) is 81.0 Å². The number of hydrogen-bond acceptors (Lipinski definition) is 8. The molecule has 0 saturated carbocycles. The molecule has 5 rings (SSSR count). The highest BCUT2D eigenvalue weighted by molar-refractivity contribution is 6.16. The maximum absolute atomic E-state index is 13.9. The highest BCUT2D eigenvalue weighted by atomic mass is 16.5. The van der Waals surface area contributed by atoms with Gasteiger partial charge in [0.2, 0.25) is 5.78 Å². The van der Waals surface area contributed by atoms with Crippen molar-refractivity contribution in [1.29, 1.82) is 0 Å². The number of carbonyl (C=O) groups excluding carboxylic acids is 2. The van der Waals surface area contributed by atoms with Gasteiger partial charge in [-0.15, -0.1) is 0 Å². The number of aliphatic hydroxyl groups is 1. The number of carbonyl (C=O) groups is 2. The molecule has 0 aliphatic carbocycles. The summed E-state index contributed by atoms with van der Waals surface area (Å²) in [5.41, 5.74) is 0.847. The minimum atomic E-state index is -0.941. The molecule has 4 aromatic rings. The monoisotopic (exact) mass is 545 g/mol. The number of nitrogens with zero attached hydrogens (tertiary/aromatic N) is 1. The van der Waals surface area contributed by atoms with Crippen LogP contribution in [0.3, 0.4) is 0 Å². The number of hydrogen-bond donors (Lipinski definition) is 1. The van der Waals surface area contributed by atoms with Crippen LogP contribution < -0.4 is 14.2 Å². The van der Waals surface area contributed by atoms with Gasteiger partial charge in [-0.3, -0.25) is 9.59 Å². The van der Waals surface area contributed by atoms with Gasteiger partial charge in [-0.1, -0.05) is 38.0 Å². The third kappa shape index (κ3) is 5.02. The number of methoxy groups -OCH3 is 2. The number of ketones is 1. The Hall–Kier alpha value is -4.66. The Kier molecular flexibility index (Phi) is 7.82. The summed E-state index contributed by atoms with van der Waals surface area (Å²) in [7, 11) is 3.04. The summed E-state index contributed by atoms with van der Waals surface area (Å²) in [6.45, 7) is 2.69. The van der Waals surface area contributed by atoms with E-state index >= 15 is 0 Å². The average Bonchev–Trinajstić information content (AvgIpc) is 3.71. The highest BCUT2D eigenvalue weighted by Gasteiger charge is 2.45. The Morgan fingerprint density at radius 2 is 1.82 bits per heavy atom. The van der Waals surface area contributed by atoms with Crippen molar-refractivity contribution in [2.24, 2.45) is 0 Å². The number of benzene rings is 2. The summed E-state index contributed by atoms with van der Waals surface area (Å²) in [6.07, 6.45) is 4.54. The number of amides is 1. The van der Waals surface area contributed by atoms with Gasteiger partial charge in [-0.2, -0.15) is 0 Å². The Bertz CT molecular complexity index is 1550. The standard InChI is InChI=1S/C31H31NO8/c1-4-5-6-14-39-22-13-12-19(16-24(22)37-3)27-26(29(34)31(35)32(27)18-21-10-8-15-38-21)28(33)25-17-20-9-7-11-23(36-2)30(20)40-25/h7-13,15-17,27,34H,4-6,14,18H2,1-3H3. The van der Waals surface area contributed by atoms with E-state index in [0.29, 0.717) is 46.1 Å². The van der Waals surface area contributed by atoms with E-state index in [4.69, 9.17) is 23.0 Å². The first-order chi connectivity index (χ1) is 19.5. The SMILES string of the molecule is CCCCCOc1ccc(C2C(C(=O)c3cc4cccc(OC)c4o3)=C(O)C(=O)N2Cc2ccco2)cc1OC. The van der Waals surface area contributed by atoms with Gasteiger partial charge in [0.1, 0.15) is 5.76 Å². The molecule has 208 valence electrons. The quantitative estimate of drug-likeness (QED) is 0.161. The normalized spacial score (nSPS) is 15.2. The highest BCUT2D eigenvalue weighted by Crippen LogP contribution is 2.43. The lowest BCUT2D eigenvalue weighted by Gasteiger charge is -2.26. The molecule has 1 atom stereocenters. The van der Waals surface area contributed by atoms with E-state index in [0.717, 1.165) is 19.3 Å². The molecule has 9 nitrogen and oxygen atoms in total. The summed E-state index contributed by atoms with van der Waals surface area (Å²) < 4.78 is 28.3. The van der Waals surface area contributed by atoms with E-state index in [1.54, 1.807) is 54.6 Å². The largest absolute Gasteiger partial charge is 0.503 e. The Balaban J connectivity index is 1.56. The second kappa shape index (κ2) is 11.6. The number of Topliss-reactive ketones (excluding diaryl/α,β-unsaturated/α-hetero) is 1. The molecule has 40 heavy (non-hydrogen) atoms. The first-order valence-corrected chi connectivity index (χ1v) is 13.1. The van der Waals surface area contributed by atoms with Gasteiger partial charge in [0.25, 0.3) is 5.91 Å². The van der Waals surface area contributed by atoms with E-state index in [1.165, 1.54) is 25.4 Å². The number of aliphatic hydroxyl groups excluding tert-OH is 1. The van der Waals surface area contributed by atoms with Gasteiger partial charge < -0.3 is 33.1 Å². The van der Waals surface area contributed by atoms with Crippen molar-refractivity contribution in [2.75, 3.05) is 20.8 Å². The van der Waals surface area contributed by atoms with Crippen molar-refractivity contribution in [3.63, 3.8) is 0 Å². The second-order valence-corrected chi connectivity index (χ2v) is 9.46. The molecule has 0 bridgehead atoms. The molecule has 0 radical (unpaired) electrons. The predicted molar refractivity (Wildman–Crippen MR) is 147 cm³/mol. The van der Waals surface area contributed by atoms with E-state index in [9.17, 15) is 14.7 Å². The summed E-state index contributed by atoms with van der Waals surface area (Å²) in [4.78, 5) is 28.7. The average molecular weight is 546 g/mol. The van der Waals surface area contributed by atoms with Crippen LogP contribution in [0.4, 0.5) is 0 Å². The molecule has 1 aliphatic heterocycles. The smallest absolute Gasteiger partial charge is 0.290 e. The summed E-state index contributed by atoms with van der Waals surface area (Å²) >= 11 is 0. The van der Waals surface area contributed by atoms with Crippen molar-refractivity contribution < 1.29 is 37.7 Å². The van der Waals surface area contributed by atoms with E-state index in [2.05, 4.69) is 6.92 Å². The van der Waals surface area contributed by atoms with Crippen LogP contribution in [0.25, 0.3) is 11.0 Å². The lowest BCUT2D eigenvalue weighted by atomic mass is 9.94. The maximum atomic E-state index is 13.9. The topological polar surface area (TPSA) is 112 Å². The molecule has 1 aliphatic rings. The number of fused-ring (bicyclic) bond motifs is 1. The third-order valence-electron chi connectivity index (χ3n) is 6.92. The Morgan fingerprint density at radius 3 is 2.55 bits per heavy atom. The van der Waals surface area contributed by atoms with Gasteiger partial charge in [-0.05, 0) is 48.4 Å². The number of furan rings is 2. The van der Waals surface area contributed by atoms with Crippen LogP contribution >= 0.6 is 0 Å². The molecule has 0 spiro atoms. The number of ether oxygens (including phenoxy) is 3. The molecule has 2 aromatic carbocycles. The zero-order valence-electron chi connectivity index (χ0n) is 22.6. The first-order valence-electron chi connectivity index (χ1n) is 13.1. The van der Waals surface area contributed by atoms with E-state index < -0.39 is 23.5 Å². The molecule has 0 fully saturated rings. The Morgan fingerprint density at radius 1 is 1.00 bits per heavy atom. The van der Waals surface area contributed by atoms with Gasteiger partial charge >= 0.3 is 0 Å². The van der Waals surface area contributed by atoms with Gasteiger partial charge in [0.15, 0.2) is 34.4 Å². The van der Waals surface area contributed by atoms with Crippen LogP contribution in [-0.2, 0) is 11.3 Å². The van der Waals surface area contributed by atoms with Crippen molar-refractivity contribution in [1.82, 2.24) is 4.90 Å². The minimum absolute atomic E-state index is 0.0264. The molecule has 9 heteroatoms. The van der Waals surface area contributed by atoms with Gasteiger partial charge in [0.05, 0.1) is 45.2 Å². The van der Waals surface area contributed by atoms with E-state index in [1.807, 2.05) is 0 Å². The molecule has 0 saturated heterocycles. The van der Waals surface area contributed by atoms with Gasteiger partial charge in [0, 0.05) is 5.39 Å². The number of unbranched alkanes of at least 4 members (excludes halogenated alkanes) is 2.